The summed E-state index contributed by atoms with van der Waals surface area (Å²) in [5, 5.41) is 25.6. The molecule has 4 rings (SSSR count). The number of phenolic OH excluding ortho intramolecular Hbond substituents is 1. The van der Waals surface area contributed by atoms with Crippen LogP contribution in [0.25, 0.3) is 21.9 Å². The second-order valence-electron chi connectivity index (χ2n) is 7.99. The van der Waals surface area contributed by atoms with Crippen molar-refractivity contribution >= 4 is 37.8 Å². The van der Waals surface area contributed by atoms with Gasteiger partial charge in [0.15, 0.2) is 0 Å². The average Bonchev–Trinajstić information content (AvgIpc) is 3.17. The molecule has 10 heteroatoms. The van der Waals surface area contributed by atoms with Crippen molar-refractivity contribution in [1.29, 1.82) is 0 Å². The van der Waals surface area contributed by atoms with Crippen molar-refractivity contribution in [2.24, 2.45) is 0 Å². The predicted molar refractivity (Wildman–Crippen MR) is 131 cm³/mol. The van der Waals surface area contributed by atoms with Crippen LogP contribution < -0.4 is 14.8 Å². The fourth-order valence-corrected chi connectivity index (χ4v) is 4.09. The van der Waals surface area contributed by atoms with Crippen molar-refractivity contribution in [3.63, 3.8) is 0 Å². The Hall–Kier alpha value is -3.31. The van der Waals surface area contributed by atoms with Gasteiger partial charge < -0.3 is 24.7 Å². The molecule has 4 N–H and O–H groups in total. The number of hydrogen-bond acceptors (Lipinski definition) is 7. The van der Waals surface area contributed by atoms with Gasteiger partial charge in [0.2, 0.25) is 0 Å². The number of fused-ring (bicyclic) bond motifs is 3. The standard InChI is InChI=1S/C24H27N3O6S/c1-27(2)34(30,31)26-20-13-16(7-10-21(20)28)22(29)15-25-11-12-32-17-8-9-19-18-5-3-4-6-23(18)33-24(19)14-17/h3-10,13-14,22,25-26,28-29H,11-12,15H2,1-2H3/t22-/m1/s1. The van der Waals surface area contributed by atoms with E-state index in [1.807, 2.05) is 42.5 Å². The normalized spacial score (nSPS) is 12.9. The van der Waals surface area contributed by atoms with E-state index in [9.17, 15) is 18.6 Å². The third-order valence-corrected chi connectivity index (χ3v) is 6.80. The topological polar surface area (TPSA) is 124 Å². The Balaban J connectivity index is 1.29. The van der Waals surface area contributed by atoms with Crippen molar-refractivity contribution in [1.82, 2.24) is 9.62 Å². The van der Waals surface area contributed by atoms with Gasteiger partial charge in [-0.25, -0.2) is 0 Å². The minimum Gasteiger partial charge on any atom is -0.506 e. The third kappa shape index (κ3) is 5.26. The summed E-state index contributed by atoms with van der Waals surface area (Å²) in [4.78, 5) is 0. The van der Waals surface area contributed by atoms with E-state index < -0.39 is 16.3 Å². The maximum atomic E-state index is 12.0. The van der Waals surface area contributed by atoms with E-state index in [0.717, 1.165) is 26.2 Å². The van der Waals surface area contributed by atoms with Crippen LogP contribution in [-0.2, 0) is 10.2 Å². The number of aromatic hydroxyl groups is 1. The summed E-state index contributed by atoms with van der Waals surface area (Å²) < 4.78 is 39.0. The molecule has 0 spiro atoms. The molecule has 1 atom stereocenters. The number of aliphatic hydroxyl groups is 1. The Bertz CT molecular complexity index is 1400. The van der Waals surface area contributed by atoms with E-state index in [0.29, 0.717) is 24.5 Å². The van der Waals surface area contributed by atoms with Crippen molar-refractivity contribution in [3.8, 4) is 11.5 Å². The van der Waals surface area contributed by atoms with Gasteiger partial charge in [-0.3, -0.25) is 4.72 Å². The molecule has 34 heavy (non-hydrogen) atoms. The van der Waals surface area contributed by atoms with E-state index >= 15 is 0 Å². The number of aliphatic hydroxyl groups excluding tert-OH is 1. The van der Waals surface area contributed by atoms with E-state index in [-0.39, 0.29) is 18.0 Å². The van der Waals surface area contributed by atoms with E-state index in [2.05, 4.69) is 10.0 Å². The van der Waals surface area contributed by atoms with Crippen LogP contribution in [0.3, 0.4) is 0 Å². The summed E-state index contributed by atoms with van der Waals surface area (Å²) in [6.07, 6.45) is -0.907. The van der Waals surface area contributed by atoms with Gasteiger partial charge in [-0.2, -0.15) is 12.7 Å². The Kier molecular flexibility index (Phi) is 6.94. The molecule has 180 valence electrons. The van der Waals surface area contributed by atoms with Crippen LogP contribution in [0.15, 0.2) is 65.1 Å². The molecule has 1 aromatic heterocycles. The van der Waals surface area contributed by atoms with Gasteiger partial charge in [0, 0.05) is 44.0 Å². The first-order chi connectivity index (χ1) is 16.2. The highest BCUT2D eigenvalue weighted by molar-refractivity contribution is 7.90. The fraction of sp³-hybridized carbons (Fsp3) is 0.250. The molecule has 4 aromatic rings. The Morgan fingerprint density at radius 1 is 1.03 bits per heavy atom. The maximum Gasteiger partial charge on any atom is 0.301 e. The maximum absolute atomic E-state index is 12.0. The zero-order chi connectivity index (χ0) is 24.3. The molecule has 0 aliphatic heterocycles. The van der Waals surface area contributed by atoms with Gasteiger partial charge in [0.1, 0.15) is 29.3 Å². The molecule has 0 unspecified atom stereocenters. The van der Waals surface area contributed by atoms with Crippen LogP contribution >= 0.6 is 0 Å². The Morgan fingerprint density at radius 3 is 2.59 bits per heavy atom. The SMILES string of the molecule is CN(C)S(=O)(=O)Nc1cc([C@H](O)CNCCOc2ccc3c(c2)oc2ccccc23)ccc1O. The second-order valence-corrected chi connectivity index (χ2v) is 9.88. The summed E-state index contributed by atoms with van der Waals surface area (Å²) in [7, 11) is -1.04. The molecule has 0 aliphatic carbocycles. The molecule has 0 fully saturated rings. The molecular formula is C24H27N3O6S. The summed E-state index contributed by atoms with van der Waals surface area (Å²) >= 11 is 0. The monoisotopic (exact) mass is 485 g/mol. The molecule has 3 aromatic carbocycles. The van der Waals surface area contributed by atoms with Crippen molar-refractivity contribution in [2.45, 2.75) is 6.10 Å². The number of anilines is 1. The first-order valence-corrected chi connectivity index (χ1v) is 12.1. The number of phenols is 1. The lowest BCUT2D eigenvalue weighted by atomic mass is 10.1. The lowest BCUT2D eigenvalue weighted by molar-refractivity contribution is 0.172. The Labute approximate surface area is 197 Å². The van der Waals surface area contributed by atoms with Gasteiger partial charge in [-0.15, -0.1) is 0 Å². The lowest BCUT2D eigenvalue weighted by Gasteiger charge is -2.17. The summed E-state index contributed by atoms with van der Waals surface area (Å²) in [6.45, 7) is 1.08. The first kappa shape index (κ1) is 23.8. The molecule has 0 bridgehead atoms. The molecule has 0 aliphatic rings. The third-order valence-electron chi connectivity index (χ3n) is 5.36. The fourth-order valence-electron chi connectivity index (χ4n) is 3.47. The molecule has 0 saturated carbocycles. The highest BCUT2D eigenvalue weighted by Crippen LogP contribution is 2.31. The quantitative estimate of drug-likeness (QED) is 0.201. The number of ether oxygens (including phenoxy) is 1. The minimum atomic E-state index is -3.79. The molecule has 0 amide bonds. The summed E-state index contributed by atoms with van der Waals surface area (Å²) in [6, 6.07) is 17.9. The largest absolute Gasteiger partial charge is 0.506 e. The van der Waals surface area contributed by atoms with E-state index in [1.165, 1.54) is 32.3 Å². The van der Waals surface area contributed by atoms with Gasteiger partial charge in [0.05, 0.1) is 11.8 Å². The highest BCUT2D eigenvalue weighted by atomic mass is 32.2. The average molecular weight is 486 g/mol. The van der Waals surface area contributed by atoms with Crippen LogP contribution in [-0.4, -0.2) is 56.7 Å². The molecule has 0 radical (unpaired) electrons. The van der Waals surface area contributed by atoms with Gasteiger partial charge >= 0.3 is 10.2 Å². The van der Waals surface area contributed by atoms with Crippen LogP contribution in [0, 0.1) is 0 Å². The second kappa shape index (κ2) is 9.90. The Morgan fingerprint density at radius 2 is 1.79 bits per heavy atom. The molecule has 9 nitrogen and oxygen atoms in total. The van der Waals surface area contributed by atoms with Crippen LogP contribution in [0.2, 0.25) is 0 Å². The van der Waals surface area contributed by atoms with Crippen molar-refractivity contribution < 1.29 is 27.8 Å². The van der Waals surface area contributed by atoms with Crippen molar-refractivity contribution in [3.05, 3.63) is 66.2 Å². The van der Waals surface area contributed by atoms with E-state index in [1.54, 1.807) is 0 Å². The van der Waals surface area contributed by atoms with Gasteiger partial charge in [0.25, 0.3) is 0 Å². The minimum absolute atomic E-state index is 0.00503. The highest BCUT2D eigenvalue weighted by Gasteiger charge is 2.17. The zero-order valence-corrected chi connectivity index (χ0v) is 19.7. The number of nitrogens with one attached hydrogen (secondary N) is 2. The number of hydrogen-bond donors (Lipinski definition) is 4. The summed E-state index contributed by atoms with van der Waals surface area (Å²) in [5.41, 5.74) is 2.04. The van der Waals surface area contributed by atoms with Crippen LogP contribution in [0.4, 0.5) is 5.69 Å². The number of furan rings is 1. The van der Waals surface area contributed by atoms with Gasteiger partial charge in [-0.05, 0) is 35.9 Å². The first-order valence-electron chi connectivity index (χ1n) is 10.7. The van der Waals surface area contributed by atoms with E-state index in [4.69, 9.17) is 9.15 Å². The molecule has 0 saturated heterocycles. The zero-order valence-electron chi connectivity index (χ0n) is 18.9. The number of nitrogens with zero attached hydrogens (tertiary/aromatic N) is 1. The smallest absolute Gasteiger partial charge is 0.301 e. The number of para-hydroxylation sites is 1. The van der Waals surface area contributed by atoms with Gasteiger partial charge in [-0.1, -0.05) is 24.3 Å². The molecular weight excluding hydrogens is 458 g/mol. The predicted octanol–water partition coefficient (Wildman–Crippen LogP) is 3.21. The summed E-state index contributed by atoms with van der Waals surface area (Å²) in [5.74, 6) is 0.453. The van der Waals surface area contributed by atoms with Crippen molar-refractivity contribution in [2.75, 3.05) is 38.5 Å². The molecule has 1 heterocycles. The van der Waals surface area contributed by atoms with Crippen LogP contribution in [0.1, 0.15) is 11.7 Å². The lowest BCUT2D eigenvalue weighted by Crippen LogP contribution is -2.29. The number of rotatable bonds is 10. The van der Waals surface area contributed by atoms with Crippen LogP contribution in [0.5, 0.6) is 11.5 Å². The number of benzene rings is 3.